The molecule has 0 bridgehead atoms. The van der Waals surface area contributed by atoms with Crippen LogP contribution in [0.1, 0.15) is 5.56 Å². The Morgan fingerprint density at radius 3 is 3.04 bits per heavy atom. The maximum absolute atomic E-state index is 12.3. The first-order valence-corrected chi connectivity index (χ1v) is 7.36. The Morgan fingerprint density at radius 2 is 2.26 bits per heavy atom. The molecule has 1 aliphatic rings. The topological polar surface area (TPSA) is 71.5 Å². The van der Waals surface area contributed by atoms with Crippen LogP contribution in [-0.4, -0.2) is 29.9 Å². The number of nitrogens with one attached hydrogen (secondary N) is 1. The summed E-state index contributed by atoms with van der Waals surface area (Å²) in [5.41, 5.74) is 1.50. The number of rotatable bonds is 3. The number of carbonyl (C=O) groups excluding carboxylic acids is 2. The predicted octanol–water partition coefficient (Wildman–Crippen LogP) is 2.41. The number of amides is 2. The van der Waals surface area contributed by atoms with Gasteiger partial charge >= 0.3 is 0 Å². The standard InChI is InChI=1S/C16H14ClN3O3/c1-10-7-11(17)4-5-12(10)19-14(21)8-20-15(22)9-23-13-3-2-6-18-16(13)20/h2-7H,8-9H2,1H3,(H,19,21). The zero-order valence-electron chi connectivity index (χ0n) is 12.4. The van der Waals surface area contributed by atoms with Gasteiger partial charge in [-0.05, 0) is 42.8 Å². The SMILES string of the molecule is Cc1cc(Cl)ccc1NC(=O)CN1C(=O)COc2cccnc21. The molecule has 0 unspecified atom stereocenters. The van der Waals surface area contributed by atoms with Crippen molar-refractivity contribution < 1.29 is 14.3 Å². The fraction of sp³-hybridized carbons (Fsp3) is 0.188. The minimum absolute atomic E-state index is 0.105. The Labute approximate surface area is 138 Å². The lowest BCUT2D eigenvalue weighted by Crippen LogP contribution is -2.44. The van der Waals surface area contributed by atoms with Crippen LogP contribution in [0.25, 0.3) is 0 Å². The van der Waals surface area contributed by atoms with E-state index in [4.69, 9.17) is 16.3 Å². The van der Waals surface area contributed by atoms with E-state index < -0.39 is 0 Å². The number of aryl methyl sites for hydroxylation is 1. The molecule has 0 saturated carbocycles. The van der Waals surface area contributed by atoms with Crippen molar-refractivity contribution >= 4 is 34.9 Å². The van der Waals surface area contributed by atoms with Crippen LogP contribution >= 0.6 is 11.6 Å². The Kier molecular flexibility index (Phi) is 4.16. The van der Waals surface area contributed by atoms with E-state index in [2.05, 4.69) is 10.3 Å². The Balaban J connectivity index is 1.76. The predicted molar refractivity (Wildman–Crippen MR) is 86.9 cm³/mol. The van der Waals surface area contributed by atoms with Crippen LogP contribution in [0.4, 0.5) is 11.5 Å². The van der Waals surface area contributed by atoms with Crippen molar-refractivity contribution in [1.29, 1.82) is 0 Å². The molecule has 0 atom stereocenters. The van der Waals surface area contributed by atoms with Gasteiger partial charge in [0.1, 0.15) is 6.54 Å². The van der Waals surface area contributed by atoms with Crippen molar-refractivity contribution in [2.45, 2.75) is 6.92 Å². The molecule has 0 radical (unpaired) electrons. The zero-order chi connectivity index (χ0) is 16.4. The first kappa shape index (κ1) is 15.3. The van der Waals surface area contributed by atoms with E-state index in [1.807, 2.05) is 6.92 Å². The summed E-state index contributed by atoms with van der Waals surface area (Å²) in [6.45, 7) is 1.61. The average Bonchev–Trinajstić information content (AvgIpc) is 2.53. The first-order valence-electron chi connectivity index (χ1n) is 6.99. The molecule has 1 aromatic heterocycles. The van der Waals surface area contributed by atoms with E-state index in [1.165, 1.54) is 4.90 Å². The summed E-state index contributed by atoms with van der Waals surface area (Å²) in [7, 11) is 0. The lowest BCUT2D eigenvalue weighted by molar-refractivity contribution is -0.123. The van der Waals surface area contributed by atoms with Crippen LogP contribution < -0.4 is 15.0 Å². The maximum Gasteiger partial charge on any atom is 0.266 e. The van der Waals surface area contributed by atoms with E-state index in [0.717, 1.165) is 5.56 Å². The third kappa shape index (κ3) is 3.27. The lowest BCUT2D eigenvalue weighted by Gasteiger charge is -2.27. The van der Waals surface area contributed by atoms with Gasteiger partial charge in [-0.25, -0.2) is 4.98 Å². The second-order valence-electron chi connectivity index (χ2n) is 5.10. The smallest absolute Gasteiger partial charge is 0.266 e. The summed E-state index contributed by atoms with van der Waals surface area (Å²) in [5, 5.41) is 3.38. The number of halogens is 1. The zero-order valence-corrected chi connectivity index (χ0v) is 13.1. The van der Waals surface area contributed by atoms with E-state index in [9.17, 15) is 9.59 Å². The van der Waals surface area contributed by atoms with E-state index in [0.29, 0.717) is 22.3 Å². The van der Waals surface area contributed by atoms with Crippen molar-refractivity contribution in [3.8, 4) is 5.75 Å². The van der Waals surface area contributed by atoms with Gasteiger partial charge < -0.3 is 10.1 Å². The van der Waals surface area contributed by atoms with Gasteiger partial charge in [-0.15, -0.1) is 0 Å². The molecule has 0 aliphatic carbocycles. The van der Waals surface area contributed by atoms with Gasteiger partial charge in [-0.3, -0.25) is 14.5 Å². The summed E-state index contributed by atoms with van der Waals surface area (Å²) in [4.78, 5) is 29.7. The molecule has 1 N–H and O–H groups in total. The number of aromatic nitrogens is 1. The number of hydrogen-bond acceptors (Lipinski definition) is 4. The fourth-order valence-electron chi connectivity index (χ4n) is 2.30. The van der Waals surface area contributed by atoms with Crippen LogP contribution in [0, 0.1) is 6.92 Å². The minimum Gasteiger partial charge on any atom is -0.480 e. The average molecular weight is 332 g/mol. The highest BCUT2D eigenvalue weighted by Gasteiger charge is 2.28. The van der Waals surface area contributed by atoms with Crippen molar-refractivity contribution in [1.82, 2.24) is 4.98 Å². The highest BCUT2D eigenvalue weighted by molar-refractivity contribution is 6.30. The second kappa shape index (κ2) is 6.26. The van der Waals surface area contributed by atoms with Crippen molar-refractivity contribution in [2.75, 3.05) is 23.4 Å². The number of fused-ring (bicyclic) bond motifs is 1. The van der Waals surface area contributed by atoms with Crippen LogP contribution in [0.2, 0.25) is 5.02 Å². The molecule has 1 aromatic carbocycles. The quantitative estimate of drug-likeness (QED) is 0.937. The number of anilines is 2. The summed E-state index contributed by atoms with van der Waals surface area (Å²) in [6, 6.07) is 8.60. The van der Waals surface area contributed by atoms with Gasteiger partial charge in [-0.2, -0.15) is 0 Å². The van der Waals surface area contributed by atoms with Crippen molar-refractivity contribution in [3.63, 3.8) is 0 Å². The third-order valence-corrected chi connectivity index (χ3v) is 3.66. The van der Waals surface area contributed by atoms with Gasteiger partial charge in [0.15, 0.2) is 18.2 Å². The summed E-state index contributed by atoms with van der Waals surface area (Å²) in [6.07, 6.45) is 1.55. The van der Waals surface area contributed by atoms with Gasteiger partial charge in [-0.1, -0.05) is 11.6 Å². The number of benzene rings is 1. The molecule has 0 saturated heterocycles. The maximum atomic E-state index is 12.3. The van der Waals surface area contributed by atoms with Gasteiger partial charge in [0.25, 0.3) is 5.91 Å². The lowest BCUT2D eigenvalue weighted by atomic mass is 10.2. The fourth-order valence-corrected chi connectivity index (χ4v) is 2.52. The number of carbonyl (C=O) groups is 2. The number of ether oxygens (including phenoxy) is 1. The largest absolute Gasteiger partial charge is 0.480 e. The molecular weight excluding hydrogens is 318 g/mol. The van der Waals surface area contributed by atoms with E-state index >= 15 is 0 Å². The van der Waals surface area contributed by atoms with Crippen molar-refractivity contribution in [3.05, 3.63) is 47.1 Å². The third-order valence-electron chi connectivity index (χ3n) is 3.42. The molecule has 23 heavy (non-hydrogen) atoms. The molecule has 118 valence electrons. The van der Waals surface area contributed by atoms with Crippen LogP contribution in [0.15, 0.2) is 36.5 Å². The van der Waals surface area contributed by atoms with E-state index in [1.54, 1.807) is 36.5 Å². The minimum atomic E-state index is -0.317. The highest BCUT2D eigenvalue weighted by atomic mass is 35.5. The summed E-state index contributed by atoms with van der Waals surface area (Å²) < 4.78 is 5.30. The van der Waals surface area contributed by atoms with E-state index in [-0.39, 0.29) is 25.0 Å². The molecule has 0 spiro atoms. The summed E-state index contributed by atoms with van der Waals surface area (Å²) >= 11 is 5.90. The van der Waals surface area contributed by atoms with Crippen LogP contribution in [-0.2, 0) is 9.59 Å². The highest BCUT2D eigenvalue weighted by Crippen LogP contribution is 2.28. The monoisotopic (exact) mass is 331 g/mol. The molecule has 3 rings (SSSR count). The van der Waals surface area contributed by atoms with Gasteiger partial charge in [0.2, 0.25) is 5.91 Å². The summed E-state index contributed by atoms with van der Waals surface area (Å²) in [5.74, 6) is 0.218. The van der Waals surface area contributed by atoms with Crippen molar-refractivity contribution in [2.24, 2.45) is 0 Å². The number of pyridine rings is 1. The number of hydrogen-bond donors (Lipinski definition) is 1. The Bertz CT molecular complexity index is 779. The molecule has 2 amide bonds. The normalized spacial score (nSPS) is 13.3. The van der Waals surface area contributed by atoms with Gasteiger partial charge in [0.05, 0.1) is 0 Å². The van der Waals surface area contributed by atoms with Gasteiger partial charge in [0, 0.05) is 16.9 Å². The molecule has 0 fully saturated rings. The van der Waals surface area contributed by atoms with Crippen LogP contribution in [0.5, 0.6) is 5.75 Å². The Morgan fingerprint density at radius 1 is 1.43 bits per heavy atom. The molecule has 6 nitrogen and oxygen atoms in total. The molecule has 2 heterocycles. The first-order chi connectivity index (χ1) is 11.0. The molecular formula is C16H14ClN3O3. The number of nitrogens with zero attached hydrogens (tertiary/aromatic N) is 2. The van der Waals surface area contributed by atoms with Crippen LogP contribution in [0.3, 0.4) is 0 Å². The molecule has 1 aliphatic heterocycles. The molecule has 2 aromatic rings. The second-order valence-corrected chi connectivity index (χ2v) is 5.54. The molecule has 7 heteroatoms. The Hall–Kier alpha value is -2.60.